The van der Waals surface area contributed by atoms with E-state index in [-0.39, 0.29) is 0 Å². The lowest BCUT2D eigenvalue weighted by atomic mass is 10.0. The number of anilines is 3. The third-order valence-electron chi connectivity index (χ3n) is 3.05. The average Bonchev–Trinajstić information content (AvgIpc) is 2.65. The van der Waals surface area contributed by atoms with E-state index in [0.29, 0.717) is 12.1 Å². The molecule has 2 aliphatic heterocycles. The minimum Gasteiger partial charge on any atom is -0.364 e. The van der Waals surface area contributed by atoms with Crippen molar-refractivity contribution in [2.45, 2.75) is 25.9 Å². The molecule has 0 bridgehead atoms. The average molecular weight is 219 g/mol. The van der Waals surface area contributed by atoms with Crippen LogP contribution in [0.3, 0.4) is 0 Å². The lowest BCUT2D eigenvalue weighted by molar-refractivity contribution is 0.955. The number of thiocarbonyl (C=S) groups is 1. The first-order chi connectivity index (χ1) is 7.15. The largest absolute Gasteiger partial charge is 0.364 e. The van der Waals surface area contributed by atoms with E-state index in [9.17, 15) is 0 Å². The maximum atomic E-state index is 5.26. The van der Waals surface area contributed by atoms with Gasteiger partial charge in [-0.2, -0.15) is 0 Å². The summed E-state index contributed by atoms with van der Waals surface area (Å²) >= 11 is 5.26. The van der Waals surface area contributed by atoms with Gasteiger partial charge in [-0.05, 0) is 24.6 Å². The van der Waals surface area contributed by atoms with Crippen molar-refractivity contribution in [2.24, 2.45) is 0 Å². The molecular formula is C11H13N3S. The molecule has 0 saturated carbocycles. The summed E-state index contributed by atoms with van der Waals surface area (Å²) in [7, 11) is 0. The van der Waals surface area contributed by atoms with E-state index < -0.39 is 0 Å². The Morgan fingerprint density at radius 3 is 2.47 bits per heavy atom. The van der Waals surface area contributed by atoms with Crippen LogP contribution in [-0.2, 0) is 0 Å². The molecule has 0 amide bonds. The van der Waals surface area contributed by atoms with E-state index in [1.54, 1.807) is 0 Å². The molecule has 15 heavy (non-hydrogen) atoms. The van der Waals surface area contributed by atoms with Crippen molar-refractivity contribution in [3.05, 3.63) is 17.7 Å². The molecule has 3 N–H and O–H groups in total. The zero-order valence-electron chi connectivity index (χ0n) is 8.72. The molecule has 2 heterocycles. The second-order valence-electron chi connectivity index (χ2n) is 4.21. The van der Waals surface area contributed by atoms with Gasteiger partial charge in [0.25, 0.3) is 0 Å². The number of nitrogens with one attached hydrogen (secondary N) is 3. The van der Waals surface area contributed by atoms with Crippen molar-refractivity contribution in [1.29, 1.82) is 0 Å². The van der Waals surface area contributed by atoms with Crippen molar-refractivity contribution in [3.63, 3.8) is 0 Å². The summed E-state index contributed by atoms with van der Waals surface area (Å²) in [5.74, 6) is 0.331. The molecule has 1 aromatic carbocycles. The van der Waals surface area contributed by atoms with E-state index in [2.05, 4.69) is 41.9 Å². The molecule has 0 radical (unpaired) electrons. The second kappa shape index (κ2) is 2.85. The molecule has 2 aliphatic rings. The molecule has 3 rings (SSSR count). The van der Waals surface area contributed by atoms with Crippen LogP contribution in [0.4, 0.5) is 17.1 Å². The van der Waals surface area contributed by atoms with Crippen LogP contribution in [0.1, 0.15) is 25.3 Å². The summed E-state index contributed by atoms with van der Waals surface area (Å²) in [5.41, 5.74) is 4.78. The molecule has 0 fully saturated rings. The van der Waals surface area contributed by atoms with E-state index in [1.807, 2.05) is 0 Å². The number of rotatable bonds is 0. The maximum absolute atomic E-state index is 5.26. The molecule has 3 nitrogen and oxygen atoms in total. The minimum absolute atomic E-state index is 0.310. The first-order valence-corrected chi connectivity index (χ1v) is 5.58. The highest BCUT2D eigenvalue weighted by Gasteiger charge is 2.27. The zero-order valence-corrected chi connectivity index (χ0v) is 9.53. The van der Waals surface area contributed by atoms with Crippen molar-refractivity contribution >= 4 is 34.3 Å². The van der Waals surface area contributed by atoms with E-state index in [0.717, 1.165) is 16.4 Å². The second-order valence-corrected chi connectivity index (χ2v) is 4.65. The van der Waals surface area contributed by atoms with Gasteiger partial charge in [0.05, 0.1) is 22.5 Å². The van der Waals surface area contributed by atoms with Crippen LogP contribution in [0.15, 0.2) is 12.1 Å². The lowest BCUT2D eigenvalue weighted by Gasteiger charge is -2.05. The molecule has 0 saturated heterocycles. The molecule has 0 aliphatic carbocycles. The molecular weight excluding hydrogens is 206 g/mol. The number of hydrogen-bond acceptors (Lipinski definition) is 3. The van der Waals surface area contributed by atoms with E-state index >= 15 is 0 Å². The summed E-state index contributed by atoms with van der Waals surface area (Å²) in [4.78, 5) is 0.918. The highest BCUT2D eigenvalue weighted by Crippen LogP contribution is 2.41. The van der Waals surface area contributed by atoms with Gasteiger partial charge in [-0.25, -0.2) is 0 Å². The van der Waals surface area contributed by atoms with E-state index in [4.69, 9.17) is 12.2 Å². The topological polar surface area (TPSA) is 36.1 Å². The van der Waals surface area contributed by atoms with Crippen molar-refractivity contribution in [3.8, 4) is 0 Å². The summed E-state index contributed by atoms with van der Waals surface area (Å²) in [6.45, 7) is 4.24. The Morgan fingerprint density at radius 1 is 1.07 bits per heavy atom. The third-order valence-corrected chi connectivity index (χ3v) is 3.51. The fourth-order valence-corrected chi connectivity index (χ4v) is 2.44. The van der Waals surface area contributed by atoms with Crippen LogP contribution in [0, 0.1) is 0 Å². The fraction of sp³-hybridized carbons (Fsp3) is 0.364. The smallest absolute Gasteiger partial charge is 0.0935 e. The van der Waals surface area contributed by atoms with Crippen LogP contribution in [-0.4, -0.2) is 11.2 Å². The van der Waals surface area contributed by atoms with Gasteiger partial charge in [-0.15, -0.1) is 0 Å². The first-order valence-electron chi connectivity index (χ1n) is 5.17. The quantitative estimate of drug-likeness (QED) is 0.586. The molecule has 1 aromatic rings. The lowest BCUT2D eigenvalue weighted by Crippen LogP contribution is -2.16. The molecule has 78 valence electrons. The van der Waals surface area contributed by atoms with E-state index in [1.165, 1.54) is 11.3 Å². The van der Waals surface area contributed by atoms with Gasteiger partial charge in [0.15, 0.2) is 0 Å². The Kier molecular flexibility index (Phi) is 1.71. The first kappa shape index (κ1) is 8.97. The highest BCUT2D eigenvalue weighted by atomic mass is 32.1. The molecule has 0 spiro atoms. The zero-order chi connectivity index (χ0) is 10.6. The number of benzene rings is 1. The van der Waals surface area contributed by atoms with Crippen LogP contribution in [0.25, 0.3) is 0 Å². The van der Waals surface area contributed by atoms with Crippen molar-refractivity contribution < 1.29 is 0 Å². The summed E-state index contributed by atoms with van der Waals surface area (Å²) in [6, 6.07) is 4.33. The van der Waals surface area contributed by atoms with Gasteiger partial charge >= 0.3 is 0 Å². The molecule has 2 unspecified atom stereocenters. The van der Waals surface area contributed by atoms with Gasteiger partial charge in [0.2, 0.25) is 0 Å². The highest BCUT2D eigenvalue weighted by molar-refractivity contribution is 7.80. The Hall–Kier alpha value is -1.29. The summed E-state index contributed by atoms with van der Waals surface area (Å²) in [5, 5.41) is 10.00. The Morgan fingerprint density at radius 2 is 1.73 bits per heavy atom. The minimum atomic E-state index is 0.310. The van der Waals surface area contributed by atoms with Gasteiger partial charge < -0.3 is 16.0 Å². The van der Waals surface area contributed by atoms with Gasteiger partial charge in [0, 0.05) is 11.6 Å². The summed E-state index contributed by atoms with van der Waals surface area (Å²) < 4.78 is 0. The Balaban J connectivity index is 2.11. The Labute approximate surface area is 94.3 Å². The van der Waals surface area contributed by atoms with Crippen molar-refractivity contribution in [2.75, 3.05) is 16.0 Å². The predicted molar refractivity (Wildman–Crippen MR) is 67.8 cm³/mol. The van der Waals surface area contributed by atoms with Crippen LogP contribution >= 0.6 is 12.2 Å². The van der Waals surface area contributed by atoms with Crippen LogP contribution in [0.2, 0.25) is 0 Å². The number of hydrogen-bond donors (Lipinski definition) is 3. The van der Waals surface area contributed by atoms with Crippen LogP contribution in [0.5, 0.6) is 0 Å². The predicted octanol–water partition coefficient (Wildman–Crippen LogP) is 2.73. The number of fused-ring (bicyclic) bond motifs is 2. The van der Waals surface area contributed by atoms with Gasteiger partial charge in [0.1, 0.15) is 0 Å². The molecule has 0 aromatic heterocycles. The van der Waals surface area contributed by atoms with Crippen LogP contribution < -0.4 is 16.0 Å². The molecule has 2 atom stereocenters. The maximum Gasteiger partial charge on any atom is 0.0935 e. The monoisotopic (exact) mass is 219 g/mol. The van der Waals surface area contributed by atoms with Gasteiger partial charge in [-0.1, -0.05) is 19.1 Å². The van der Waals surface area contributed by atoms with Gasteiger partial charge in [-0.3, -0.25) is 0 Å². The third kappa shape index (κ3) is 1.21. The van der Waals surface area contributed by atoms with Crippen molar-refractivity contribution in [1.82, 2.24) is 0 Å². The normalized spacial score (nSPS) is 26.4. The molecule has 4 heteroatoms. The standard InChI is InChI=1S/C11H13N3S/c1-5-7-3-9-10(13-6(2)12-9)4-8(7)14-11(5)15/h3-6,12-13H,1-2H3,(H,14,15). The summed E-state index contributed by atoms with van der Waals surface area (Å²) in [6.07, 6.45) is 0.310. The SMILES string of the molecule is CC1Nc2cc3c(cc2N1)C(C)C(=S)N3. The fourth-order valence-electron chi connectivity index (χ4n) is 2.21. The Bertz CT molecular complexity index is 455.